The van der Waals surface area contributed by atoms with Crippen LogP contribution in [0, 0.1) is 0 Å². The van der Waals surface area contributed by atoms with Gasteiger partial charge in [-0.2, -0.15) is 0 Å². The van der Waals surface area contributed by atoms with Crippen molar-refractivity contribution in [2.75, 3.05) is 19.6 Å². The first kappa shape index (κ1) is 34.6. The summed E-state index contributed by atoms with van der Waals surface area (Å²) in [4.78, 5) is 79.3. The Labute approximate surface area is 288 Å². The third kappa shape index (κ3) is 7.33. The zero-order valence-corrected chi connectivity index (χ0v) is 28.2. The van der Waals surface area contributed by atoms with Gasteiger partial charge in [0.1, 0.15) is 18.0 Å². The third-order valence-corrected chi connectivity index (χ3v) is 9.23. The minimum atomic E-state index is -4.78. The molecule has 4 aromatic rings. The van der Waals surface area contributed by atoms with Gasteiger partial charge in [-0.25, -0.2) is 19.4 Å². The Morgan fingerprint density at radius 1 is 1.04 bits per heavy atom. The lowest BCUT2D eigenvalue weighted by atomic mass is 9.98. The van der Waals surface area contributed by atoms with Crippen molar-refractivity contribution in [1.29, 1.82) is 0 Å². The summed E-state index contributed by atoms with van der Waals surface area (Å²) in [6.07, 6.45) is 2.41. The van der Waals surface area contributed by atoms with Crippen LogP contribution in [-0.2, 0) is 33.7 Å². The van der Waals surface area contributed by atoms with E-state index in [1.165, 1.54) is 29.0 Å². The number of ketones is 1. The van der Waals surface area contributed by atoms with Gasteiger partial charge in [0.15, 0.2) is 5.78 Å². The first-order chi connectivity index (χ1) is 23.9. The Hall–Kier alpha value is -5.27. The van der Waals surface area contributed by atoms with E-state index < -0.39 is 26.1 Å². The summed E-state index contributed by atoms with van der Waals surface area (Å²) in [5.41, 5.74) is 3.46. The van der Waals surface area contributed by atoms with Crippen LogP contribution in [0.15, 0.2) is 91.6 Å². The summed E-state index contributed by atoms with van der Waals surface area (Å²) in [6, 6.07) is 19.3. The van der Waals surface area contributed by atoms with Crippen LogP contribution in [0.2, 0.25) is 0 Å². The second-order valence-corrected chi connectivity index (χ2v) is 13.3. The monoisotopic (exact) mass is 700 g/mol. The molecule has 3 heterocycles. The standard InChI is InChI=1S/C35H37N6O8P/c1-3-16-39-22-32(43)40-30(17-24-12-14-27(15-13-24)49-50(46,47)48)34(44)38(20-26-10-7-11-28-29(23(2)42)19-36-33(26)28)21-31(40)41(39)35(45)37-18-25-8-5-4-6-9-25/h3-15,19,30-31,36H,1,16-18,20-22H2,2H3,(H,37,45)(H2,46,47,48)/t30-,31-/m0/s1. The first-order valence-electron chi connectivity index (χ1n) is 15.9. The van der Waals surface area contributed by atoms with E-state index in [0.717, 1.165) is 16.5 Å². The fourth-order valence-corrected chi connectivity index (χ4v) is 6.99. The number of H-pyrrole nitrogens is 1. The number of carbonyl (C=O) groups is 4. The number of phosphoric ester groups is 1. The van der Waals surface area contributed by atoms with Crippen molar-refractivity contribution in [1.82, 2.24) is 30.1 Å². The highest BCUT2D eigenvalue weighted by Crippen LogP contribution is 2.38. The Morgan fingerprint density at radius 2 is 1.78 bits per heavy atom. The second kappa shape index (κ2) is 14.3. The maximum Gasteiger partial charge on any atom is 0.524 e. The van der Waals surface area contributed by atoms with Crippen molar-refractivity contribution in [3.05, 3.63) is 114 Å². The molecule has 1 aromatic heterocycles. The van der Waals surface area contributed by atoms with Gasteiger partial charge in [0.2, 0.25) is 11.8 Å². The second-order valence-electron chi connectivity index (χ2n) is 12.2. The number of aromatic nitrogens is 1. The zero-order valence-electron chi connectivity index (χ0n) is 27.3. The SMILES string of the molecule is C=CCN1CC(=O)N2[C@@H](Cc3ccc(OP(=O)(O)O)cc3)C(=O)N(Cc3cccc4c(C(C)=O)c[nH]c34)C[C@@H]2N1C(=O)NCc1ccccc1. The van der Waals surface area contributed by atoms with Crippen LogP contribution in [0.5, 0.6) is 5.75 Å². The number of fused-ring (bicyclic) bond motifs is 2. The number of aromatic amines is 1. The summed E-state index contributed by atoms with van der Waals surface area (Å²) in [6.45, 7) is 5.70. The molecule has 2 aliphatic rings. The molecule has 2 fully saturated rings. The number of hydrogen-bond donors (Lipinski definition) is 4. The van der Waals surface area contributed by atoms with E-state index in [-0.39, 0.29) is 62.5 Å². The number of Topliss-reactive ketones (excluding diaryl/α,β-unsaturated/α-hetero) is 1. The van der Waals surface area contributed by atoms with Crippen molar-refractivity contribution in [3.8, 4) is 5.75 Å². The molecule has 260 valence electrons. The summed E-state index contributed by atoms with van der Waals surface area (Å²) in [7, 11) is -4.78. The van der Waals surface area contributed by atoms with Crippen LogP contribution in [0.25, 0.3) is 10.9 Å². The number of nitrogens with one attached hydrogen (secondary N) is 2. The molecular weight excluding hydrogens is 663 g/mol. The van der Waals surface area contributed by atoms with Crippen LogP contribution < -0.4 is 9.84 Å². The van der Waals surface area contributed by atoms with Crippen molar-refractivity contribution in [2.24, 2.45) is 0 Å². The van der Waals surface area contributed by atoms with Gasteiger partial charge >= 0.3 is 13.9 Å². The molecule has 6 rings (SSSR count). The van der Waals surface area contributed by atoms with Crippen molar-refractivity contribution in [3.63, 3.8) is 0 Å². The molecule has 2 saturated heterocycles. The van der Waals surface area contributed by atoms with E-state index in [2.05, 4.69) is 21.4 Å². The number of urea groups is 1. The van der Waals surface area contributed by atoms with Crippen LogP contribution in [-0.4, -0.2) is 90.1 Å². The van der Waals surface area contributed by atoms with E-state index in [1.54, 1.807) is 34.3 Å². The smallest absolute Gasteiger partial charge is 0.404 e. The molecule has 0 aliphatic carbocycles. The molecule has 0 bridgehead atoms. The minimum absolute atomic E-state index is 0.000796. The number of benzene rings is 3. The lowest BCUT2D eigenvalue weighted by Gasteiger charge is -2.55. The maximum atomic E-state index is 14.4. The number of hydrogen-bond acceptors (Lipinski definition) is 7. The molecule has 0 radical (unpaired) electrons. The van der Waals surface area contributed by atoms with Gasteiger partial charge in [-0.15, -0.1) is 6.58 Å². The third-order valence-electron chi connectivity index (χ3n) is 8.78. The van der Waals surface area contributed by atoms with Crippen molar-refractivity contribution < 1.29 is 38.1 Å². The average molecular weight is 701 g/mol. The van der Waals surface area contributed by atoms with E-state index in [9.17, 15) is 33.5 Å². The van der Waals surface area contributed by atoms with Gasteiger partial charge in [-0.3, -0.25) is 24.2 Å². The molecule has 0 saturated carbocycles. The average Bonchev–Trinajstić information content (AvgIpc) is 3.52. The number of piperazine rings is 1. The fraction of sp³-hybridized carbons (Fsp3) is 0.257. The van der Waals surface area contributed by atoms with Crippen LogP contribution in [0.4, 0.5) is 4.79 Å². The molecule has 14 nitrogen and oxygen atoms in total. The highest BCUT2D eigenvalue weighted by molar-refractivity contribution is 7.46. The number of hydrazine groups is 1. The number of rotatable bonds is 11. The lowest BCUT2D eigenvalue weighted by molar-refractivity contribution is -0.189. The largest absolute Gasteiger partial charge is 0.524 e. The van der Waals surface area contributed by atoms with E-state index in [1.807, 2.05) is 48.5 Å². The van der Waals surface area contributed by atoms with Gasteiger partial charge < -0.3 is 24.6 Å². The zero-order chi connectivity index (χ0) is 35.6. The number of phosphoric acid groups is 1. The molecule has 2 aliphatic heterocycles. The van der Waals surface area contributed by atoms with Gasteiger partial charge in [-0.05, 0) is 35.7 Å². The van der Waals surface area contributed by atoms with Crippen molar-refractivity contribution >= 4 is 42.4 Å². The van der Waals surface area contributed by atoms with Crippen LogP contribution >= 0.6 is 7.82 Å². The molecular formula is C35H37N6O8P. The maximum absolute atomic E-state index is 14.4. The Balaban J connectivity index is 1.37. The molecule has 4 N–H and O–H groups in total. The first-order valence-corrected chi connectivity index (χ1v) is 17.5. The van der Waals surface area contributed by atoms with E-state index in [4.69, 9.17) is 0 Å². The topological polar surface area (TPSA) is 176 Å². The summed E-state index contributed by atoms with van der Waals surface area (Å²) in [5, 5.41) is 6.78. The Bertz CT molecular complexity index is 1980. The minimum Gasteiger partial charge on any atom is -0.404 e. The molecule has 0 spiro atoms. The summed E-state index contributed by atoms with van der Waals surface area (Å²) < 4.78 is 16.0. The molecule has 15 heteroatoms. The van der Waals surface area contributed by atoms with E-state index in [0.29, 0.717) is 16.6 Å². The number of carbonyl (C=O) groups excluding carboxylic acids is 4. The molecule has 3 aromatic carbocycles. The highest BCUT2D eigenvalue weighted by atomic mass is 31.2. The summed E-state index contributed by atoms with van der Waals surface area (Å²) in [5.74, 6) is -0.852. The number of nitrogens with zero attached hydrogens (tertiary/aromatic N) is 4. The van der Waals surface area contributed by atoms with Crippen LogP contribution in [0.1, 0.15) is 34.0 Å². The number of para-hydroxylation sites is 1. The fourth-order valence-electron chi connectivity index (χ4n) is 6.59. The van der Waals surface area contributed by atoms with Crippen molar-refractivity contribution in [2.45, 2.75) is 38.6 Å². The molecule has 2 atom stereocenters. The highest BCUT2D eigenvalue weighted by Gasteiger charge is 2.51. The molecule has 4 amide bonds. The molecule has 0 unspecified atom stereocenters. The predicted octanol–water partition coefficient (Wildman–Crippen LogP) is 3.58. The Kier molecular flexibility index (Phi) is 9.89. The predicted molar refractivity (Wildman–Crippen MR) is 183 cm³/mol. The molecule has 50 heavy (non-hydrogen) atoms. The van der Waals surface area contributed by atoms with E-state index >= 15 is 0 Å². The Morgan fingerprint density at radius 3 is 2.46 bits per heavy atom. The van der Waals surface area contributed by atoms with Gasteiger partial charge in [-0.1, -0.05) is 66.7 Å². The quantitative estimate of drug-likeness (QED) is 0.104. The van der Waals surface area contributed by atoms with Gasteiger partial charge in [0.25, 0.3) is 0 Å². The van der Waals surface area contributed by atoms with Gasteiger partial charge in [0, 0.05) is 43.2 Å². The normalized spacial score (nSPS) is 18.3. The number of amides is 4. The van der Waals surface area contributed by atoms with Crippen LogP contribution in [0.3, 0.4) is 0 Å². The summed E-state index contributed by atoms with van der Waals surface area (Å²) >= 11 is 0. The lowest BCUT2D eigenvalue weighted by Crippen LogP contribution is -2.76. The van der Waals surface area contributed by atoms with Gasteiger partial charge in [0.05, 0.1) is 18.6 Å².